The van der Waals surface area contributed by atoms with Crippen LogP contribution in [-0.4, -0.2) is 48.7 Å². The first-order chi connectivity index (χ1) is 14.5. The number of benzene rings is 1. The molecule has 31 heavy (non-hydrogen) atoms. The molecule has 1 fully saturated rings. The van der Waals surface area contributed by atoms with E-state index in [-0.39, 0.29) is 24.6 Å². The minimum absolute atomic E-state index is 0.0114. The standard InChI is InChI=1S/C22H28F2INO4S/c1-4-21(12-6-7-13-25)16-26(31(28,29)19-10-8-17(3)9-11-19)15-18(21)14-22(23,24)20(27)30-5-2/h8-11,18H,4-5,7,13-16H2,1-3H3. The molecule has 1 aliphatic heterocycles. The van der Waals surface area contributed by atoms with Gasteiger partial charge in [-0.3, -0.25) is 0 Å². The Hall–Kier alpha value is -1.25. The van der Waals surface area contributed by atoms with Crippen LogP contribution in [0.25, 0.3) is 0 Å². The van der Waals surface area contributed by atoms with E-state index < -0.39 is 39.7 Å². The first-order valence-corrected chi connectivity index (χ1v) is 13.2. The predicted molar refractivity (Wildman–Crippen MR) is 124 cm³/mol. The van der Waals surface area contributed by atoms with Crippen molar-refractivity contribution >= 4 is 38.6 Å². The number of nitrogens with zero attached hydrogens (tertiary/aromatic N) is 1. The van der Waals surface area contributed by atoms with Gasteiger partial charge < -0.3 is 4.74 Å². The van der Waals surface area contributed by atoms with Gasteiger partial charge in [-0.05, 0) is 38.3 Å². The minimum Gasteiger partial charge on any atom is -0.462 e. The summed E-state index contributed by atoms with van der Waals surface area (Å²) in [7, 11) is -3.88. The van der Waals surface area contributed by atoms with Crippen molar-refractivity contribution in [1.82, 2.24) is 4.31 Å². The topological polar surface area (TPSA) is 63.7 Å². The molecule has 2 unspecified atom stereocenters. The maximum atomic E-state index is 14.6. The number of halogens is 3. The number of carbonyl (C=O) groups excluding carboxylic acids is 1. The second-order valence-electron chi connectivity index (χ2n) is 7.69. The van der Waals surface area contributed by atoms with Crippen molar-refractivity contribution in [3.8, 4) is 11.8 Å². The molecule has 1 aromatic rings. The summed E-state index contributed by atoms with van der Waals surface area (Å²) in [5, 5.41) is 0. The fraction of sp³-hybridized carbons (Fsp3) is 0.591. The first-order valence-electron chi connectivity index (χ1n) is 10.2. The average Bonchev–Trinajstić information content (AvgIpc) is 3.07. The molecule has 5 nitrogen and oxygen atoms in total. The molecule has 172 valence electrons. The van der Waals surface area contributed by atoms with Gasteiger partial charge in [0.1, 0.15) is 0 Å². The molecule has 1 heterocycles. The van der Waals surface area contributed by atoms with Crippen LogP contribution in [0.3, 0.4) is 0 Å². The Morgan fingerprint density at radius 3 is 2.52 bits per heavy atom. The number of esters is 1. The Kier molecular flexibility index (Phi) is 8.87. The SMILES string of the molecule is CCOC(=O)C(F)(F)CC1CN(S(=O)(=O)c2ccc(C)cc2)CC1(C#CCCI)CC. The summed E-state index contributed by atoms with van der Waals surface area (Å²) >= 11 is 2.17. The number of carbonyl (C=O) groups is 1. The zero-order chi connectivity index (χ0) is 23.3. The molecule has 0 spiro atoms. The Labute approximate surface area is 197 Å². The van der Waals surface area contributed by atoms with Gasteiger partial charge in [-0.15, -0.1) is 5.92 Å². The van der Waals surface area contributed by atoms with Crippen molar-refractivity contribution in [3.05, 3.63) is 29.8 Å². The van der Waals surface area contributed by atoms with Crippen LogP contribution in [0.4, 0.5) is 8.78 Å². The van der Waals surface area contributed by atoms with Gasteiger partial charge >= 0.3 is 11.9 Å². The Balaban J connectivity index is 2.42. The summed E-state index contributed by atoms with van der Waals surface area (Å²) < 4.78 is 62.2. The van der Waals surface area contributed by atoms with Gasteiger partial charge in [0, 0.05) is 35.8 Å². The second kappa shape index (κ2) is 10.6. The number of rotatable bonds is 8. The Morgan fingerprint density at radius 1 is 1.32 bits per heavy atom. The highest BCUT2D eigenvalue weighted by Crippen LogP contribution is 2.46. The van der Waals surface area contributed by atoms with Crippen LogP contribution >= 0.6 is 22.6 Å². The monoisotopic (exact) mass is 567 g/mol. The summed E-state index contributed by atoms with van der Waals surface area (Å²) in [4.78, 5) is 11.9. The predicted octanol–water partition coefficient (Wildman–Crippen LogP) is 4.43. The Bertz CT molecular complexity index is 940. The second-order valence-corrected chi connectivity index (χ2v) is 10.7. The molecule has 0 bridgehead atoms. The highest BCUT2D eigenvalue weighted by molar-refractivity contribution is 14.1. The number of ether oxygens (including phenoxy) is 1. The lowest BCUT2D eigenvalue weighted by Crippen LogP contribution is -2.38. The molecule has 0 amide bonds. The van der Waals surface area contributed by atoms with E-state index in [1.807, 2.05) is 13.8 Å². The molecule has 0 aliphatic carbocycles. The molecule has 0 saturated carbocycles. The van der Waals surface area contributed by atoms with Crippen molar-refractivity contribution in [1.29, 1.82) is 0 Å². The minimum atomic E-state index is -3.88. The van der Waals surface area contributed by atoms with Crippen molar-refractivity contribution in [2.75, 3.05) is 24.1 Å². The number of sulfonamides is 1. The fourth-order valence-electron chi connectivity index (χ4n) is 3.78. The number of alkyl halides is 3. The quantitative estimate of drug-likeness (QED) is 0.202. The van der Waals surface area contributed by atoms with Crippen molar-refractivity contribution in [2.24, 2.45) is 11.3 Å². The van der Waals surface area contributed by atoms with E-state index in [2.05, 4.69) is 39.2 Å². The molecular formula is C22H28F2INO4S. The lowest BCUT2D eigenvalue weighted by atomic mass is 9.73. The summed E-state index contributed by atoms with van der Waals surface area (Å²) in [5.74, 6) is 0.0211. The lowest BCUT2D eigenvalue weighted by molar-refractivity contribution is -0.174. The maximum Gasteiger partial charge on any atom is 0.376 e. The smallest absolute Gasteiger partial charge is 0.376 e. The average molecular weight is 567 g/mol. The first kappa shape index (κ1) is 26.0. The zero-order valence-electron chi connectivity index (χ0n) is 18.0. The molecule has 2 rings (SSSR count). The molecule has 0 radical (unpaired) electrons. The molecule has 0 N–H and O–H groups in total. The number of hydrogen-bond donors (Lipinski definition) is 0. The zero-order valence-corrected chi connectivity index (χ0v) is 20.9. The third kappa shape index (κ3) is 5.96. The summed E-state index contributed by atoms with van der Waals surface area (Å²) in [5.41, 5.74) is -0.0423. The van der Waals surface area contributed by atoms with Gasteiger partial charge in [0.25, 0.3) is 0 Å². The van der Waals surface area contributed by atoms with E-state index in [9.17, 15) is 22.0 Å². The summed E-state index contributed by atoms with van der Waals surface area (Å²) in [6.07, 6.45) is 0.164. The van der Waals surface area contributed by atoms with Gasteiger partial charge in [-0.1, -0.05) is 53.1 Å². The van der Waals surface area contributed by atoms with E-state index in [0.717, 1.165) is 9.99 Å². The molecule has 2 atom stereocenters. The van der Waals surface area contributed by atoms with Crippen LogP contribution in [0.2, 0.25) is 0 Å². The molecule has 1 saturated heterocycles. The van der Waals surface area contributed by atoms with Crippen molar-refractivity contribution < 1.29 is 26.7 Å². The molecule has 0 aromatic heterocycles. The number of hydrogen-bond acceptors (Lipinski definition) is 4. The maximum absolute atomic E-state index is 14.6. The van der Waals surface area contributed by atoms with E-state index in [1.165, 1.54) is 23.4 Å². The van der Waals surface area contributed by atoms with Crippen molar-refractivity contribution in [2.45, 2.75) is 50.9 Å². The van der Waals surface area contributed by atoms with Crippen LogP contribution in [0.15, 0.2) is 29.2 Å². The van der Waals surface area contributed by atoms with E-state index in [1.54, 1.807) is 12.1 Å². The molecule has 1 aromatic carbocycles. The molecule has 1 aliphatic rings. The normalized spacial score (nSPS) is 22.1. The third-order valence-corrected chi connectivity index (χ3v) is 7.95. The van der Waals surface area contributed by atoms with E-state index in [4.69, 9.17) is 0 Å². The van der Waals surface area contributed by atoms with Crippen LogP contribution < -0.4 is 0 Å². The Morgan fingerprint density at radius 2 is 1.97 bits per heavy atom. The van der Waals surface area contributed by atoms with Crippen molar-refractivity contribution in [3.63, 3.8) is 0 Å². The molecular weight excluding hydrogens is 539 g/mol. The van der Waals surface area contributed by atoms with Gasteiger partial charge in [0.15, 0.2) is 0 Å². The third-order valence-electron chi connectivity index (χ3n) is 5.59. The van der Waals surface area contributed by atoms with Crippen LogP contribution in [0.1, 0.15) is 38.7 Å². The highest BCUT2D eigenvalue weighted by Gasteiger charge is 2.54. The van der Waals surface area contributed by atoms with Gasteiger partial charge in [0.05, 0.1) is 11.5 Å². The van der Waals surface area contributed by atoms with Gasteiger partial charge in [-0.2, -0.15) is 13.1 Å². The lowest BCUT2D eigenvalue weighted by Gasteiger charge is -2.30. The summed E-state index contributed by atoms with van der Waals surface area (Å²) in [6.45, 7) is 4.86. The number of aryl methyl sites for hydroxylation is 1. The van der Waals surface area contributed by atoms with Crippen LogP contribution in [0, 0.1) is 30.1 Å². The van der Waals surface area contributed by atoms with Gasteiger partial charge in [-0.25, -0.2) is 13.2 Å². The van der Waals surface area contributed by atoms with Crippen LogP contribution in [-0.2, 0) is 19.6 Å². The van der Waals surface area contributed by atoms with Gasteiger partial charge in [0.2, 0.25) is 10.0 Å². The van der Waals surface area contributed by atoms with E-state index >= 15 is 0 Å². The fourth-order valence-corrected chi connectivity index (χ4v) is 5.60. The van der Waals surface area contributed by atoms with E-state index in [0.29, 0.717) is 12.8 Å². The summed E-state index contributed by atoms with van der Waals surface area (Å²) in [6, 6.07) is 6.42. The molecule has 9 heteroatoms. The van der Waals surface area contributed by atoms with Crippen LogP contribution in [0.5, 0.6) is 0 Å². The largest absolute Gasteiger partial charge is 0.462 e. The highest BCUT2D eigenvalue weighted by atomic mass is 127.